The molecule has 0 aromatic heterocycles. The van der Waals surface area contributed by atoms with Gasteiger partial charge >= 0.3 is 0 Å². The van der Waals surface area contributed by atoms with Crippen LogP contribution in [0.25, 0.3) is 0 Å². The van der Waals surface area contributed by atoms with Crippen LogP contribution in [0.5, 0.6) is 5.75 Å². The molecule has 1 aliphatic carbocycles. The third-order valence-electron chi connectivity index (χ3n) is 5.40. The minimum Gasteiger partial charge on any atom is -0.872 e. The van der Waals surface area contributed by atoms with Crippen LogP contribution in [0.1, 0.15) is 50.0 Å². The van der Waals surface area contributed by atoms with Crippen molar-refractivity contribution in [3.8, 4) is 5.75 Å². The van der Waals surface area contributed by atoms with E-state index in [1.165, 1.54) is 61.7 Å². The van der Waals surface area contributed by atoms with E-state index in [9.17, 15) is 5.11 Å². The summed E-state index contributed by atoms with van der Waals surface area (Å²) in [6.45, 7) is 2.66. The summed E-state index contributed by atoms with van der Waals surface area (Å²) < 4.78 is 1.24. The van der Waals surface area contributed by atoms with Crippen molar-refractivity contribution < 1.29 is 9.59 Å². The number of hydrogen-bond acceptors (Lipinski definition) is 1. The zero-order valence-electron chi connectivity index (χ0n) is 12.0. The normalized spacial score (nSPS) is 30.4. The molecule has 2 aliphatic rings. The van der Waals surface area contributed by atoms with E-state index < -0.39 is 0 Å². The van der Waals surface area contributed by atoms with E-state index in [2.05, 4.69) is 13.1 Å². The van der Waals surface area contributed by atoms with Crippen LogP contribution in [0.4, 0.5) is 0 Å². The van der Waals surface area contributed by atoms with Gasteiger partial charge in [0.1, 0.15) is 0 Å². The zero-order valence-corrected chi connectivity index (χ0v) is 12.0. The quantitative estimate of drug-likeness (QED) is 0.749. The Hall–Kier alpha value is -1.02. The molecular weight excluding hydrogens is 234 g/mol. The van der Waals surface area contributed by atoms with E-state index >= 15 is 0 Å². The molecule has 0 unspecified atom stereocenters. The second kappa shape index (κ2) is 5.16. The topological polar surface area (TPSA) is 23.1 Å². The van der Waals surface area contributed by atoms with Gasteiger partial charge in [0.25, 0.3) is 0 Å². The fourth-order valence-corrected chi connectivity index (χ4v) is 4.38. The van der Waals surface area contributed by atoms with Crippen molar-refractivity contribution in [2.45, 2.75) is 50.5 Å². The Morgan fingerprint density at radius 3 is 2.53 bits per heavy atom. The van der Waals surface area contributed by atoms with Crippen LogP contribution in [0.3, 0.4) is 0 Å². The van der Waals surface area contributed by atoms with Crippen molar-refractivity contribution in [1.29, 1.82) is 0 Å². The fraction of sp³-hybridized carbons (Fsp3) is 0.647. The van der Waals surface area contributed by atoms with Crippen molar-refractivity contribution in [2.75, 3.05) is 20.1 Å². The molecule has 2 fully saturated rings. The minimum absolute atomic E-state index is 0.172. The number of nitrogens with zero attached hydrogens (tertiary/aromatic N) is 1. The van der Waals surface area contributed by atoms with E-state index in [1.807, 2.05) is 12.1 Å². The molecule has 0 radical (unpaired) electrons. The summed E-state index contributed by atoms with van der Waals surface area (Å²) in [7, 11) is 2.44. The van der Waals surface area contributed by atoms with Crippen molar-refractivity contribution in [2.24, 2.45) is 0 Å². The largest absolute Gasteiger partial charge is 0.872 e. The molecule has 0 amide bonds. The second-order valence-corrected chi connectivity index (χ2v) is 6.66. The molecule has 1 saturated heterocycles. The summed E-state index contributed by atoms with van der Waals surface area (Å²) in [5.41, 5.74) is 1.29. The average molecular weight is 259 g/mol. The number of benzene rings is 1. The Balaban J connectivity index is 1.88. The Bertz CT molecular complexity index is 437. The van der Waals surface area contributed by atoms with Crippen LogP contribution in [0.15, 0.2) is 24.3 Å². The molecule has 104 valence electrons. The third kappa shape index (κ3) is 2.51. The highest BCUT2D eigenvalue weighted by Gasteiger charge is 2.42. The van der Waals surface area contributed by atoms with Crippen LogP contribution in [-0.4, -0.2) is 30.7 Å². The van der Waals surface area contributed by atoms with Crippen LogP contribution in [0, 0.1) is 0 Å². The summed E-state index contributed by atoms with van der Waals surface area (Å²) >= 11 is 0. The Morgan fingerprint density at radius 1 is 1.05 bits per heavy atom. The number of hydrogen-bond donors (Lipinski definition) is 0. The highest BCUT2D eigenvalue weighted by molar-refractivity contribution is 5.30. The molecular formula is C17H25NO. The molecule has 0 spiro atoms. The van der Waals surface area contributed by atoms with Gasteiger partial charge in [-0.15, -0.1) is 5.75 Å². The molecule has 19 heavy (non-hydrogen) atoms. The van der Waals surface area contributed by atoms with E-state index in [0.717, 1.165) is 6.04 Å². The average Bonchev–Trinajstić information content (AvgIpc) is 2.87. The van der Waals surface area contributed by atoms with Crippen LogP contribution >= 0.6 is 0 Å². The lowest BCUT2D eigenvalue weighted by Crippen LogP contribution is -2.53. The van der Waals surface area contributed by atoms with Crippen molar-refractivity contribution in [1.82, 2.24) is 0 Å². The number of likely N-dealkylation sites (N-methyl/N-ethyl adjacent to an activating group) is 1. The Kier molecular flexibility index (Phi) is 3.53. The monoisotopic (exact) mass is 259 g/mol. The van der Waals surface area contributed by atoms with E-state index in [1.54, 1.807) is 6.07 Å². The van der Waals surface area contributed by atoms with Gasteiger partial charge in [0.05, 0.1) is 26.2 Å². The van der Waals surface area contributed by atoms with Gasteiger partial charge in [0.2, 0.25) is 0 Å². The van der Waals surface area contributed by atoms with Crippen LogP contribution in [0.2, 0.25) is 0 Å². The first-order chi connectivity index (χ1) is 9.19. The van der Waals surface area contributed by atoms with Gasteiger partial charge in [-0.25, -0.2) is 0 Å². The Morgan fingerprint density at radius 2 is 1.79 bits per heavy atom. The predicted octanol–water partition coefficient (Wildman–Crippen LogP) is 3.03. The molecule has 0 bridgehead atoms. The maximum atomic E-state index is 11.6. The van der Waals surface area contributed by atoms with Crippen LogP contribution in [-0.2, 0) is 0 Å². The molecule has 3 rings (SSSR count). The van der Waals surface area contributed by atoms with E-state index in [0.29, 0.717) is 5.92 Å². The lowest BCUT2D eigenvalue weighted by Gasteiger charge is -2.45. The first kappa shape index (κ1) is 13.0. The van der Waals surface area contributed by atoms with Crippen molar-refractivity contribution >= 4 is 0 Å². The highest BCUT2D eigenvalue weighted by Crippen LogP contribution is 2.41. The molecule has 2 nitrogen and oxygen atoms in total. The van der Waals surface area contributed by atoms with Gasteiger partial charge in [-0.05, 0) is 18.4 Å². The first-order valence-corrected chi connectivity index (χ1v) is 7.80. The number of likely N-dealkylation sites (tertiary alicyclic amines) is 1. The van der Waals surface area contributed by atoms with E-state index in [-0.39, 0.29) is 5.75 Å². The maximum Gasteiger partial charge on any atom is 0.0957 e. The maximum absolute atomic E-state index is 11.6. The smallest absolute Gasteiger partial charge is 0.0957 e. The molecule has 2 atom stereocenters. The van der Waals surface area contributed by atoms with Crippen LogP contribution < -0.4 is 5.11 Å². The number of rotatable bonds is 2. The first-order valence-electron chi connectivity index (χ1n) is 7.80. The second-order valence-electron chi connectivity index (χ2n) is 6.66. The van der Waals surface area contributed by atoms with Gasteiger partial charge in [0.15, 0.2) is 0 Å². The molecule has 2 heteroatoms. The molecule has 1 aliphatic heterocycles. The summed E-state index contributed by atoms with van der Waals surface area (Å²) in [5, 5.41) is 11.6. The minimum atomic E-state index is 0.172. The Labute approximate surface area is 116 Å². The molecule has 0 N–H and O–H groups in total. The van der Waals surface area contributed by atoms with Crippen molar-refractivity contribution in [3.05, 3.63) is 29.8 Å². The molecule has 1 aromatic carbocycles. The number of quaternary nitrogens is 1. The highest BCUT2D eigenvalue weighted by atomic mass is 16.3. The summed E-state index contributed by atoms with van der Waals surface area (Å²) in [6.07, 6.45) is 8.05. The predicted molar refractivity (Wildman–Crippen MR) is 76.0 cm³/mol. The SMILES string of the molecule is C[N+]1([C@H]2CCCC[C@H]2c2cccc([O-])c2)CCCC1. The zero-order chi connectivity index (χ0) is 13.3. The lowest BCUT2D eigenvalue weighted by molar-refractivity contribution is -0.925. The van der Waals surface area contributed by atoms with Gasteiger partial charge < -0.3 is 9.59 Å². The third-order valence-corrected chi connectivity index (χ3v) is 5.40. The van der Waals surface area contributed by atoms with Gasteiger partial charge in [-0.2, -0.15) is 0 Å². The summed E-state index contributed by atoms with van der Waals surface area (Å²) in [4.78, 5) is 0. The summed E-state index contributed by atoms with van der Waals surface area (Å²) in [5.74, 6) is 0.775. The van der Waals surface area contributed by atoms with Gasteiger partial charge in [-0.1, -0.05) is 30.7 Å². The lowest BCUT2D eigenvalue weighted by atomic mass is 9.78. The van der Waals surface area contributed by atoms with Gasteiger partial charge in [0, 0.05) is 25.2 Å². The van der Waals surface area contributed by atoms with Crippen molar-refractivity contribution in [3.63, 3.8) is 0 Å². The fourth-order valence-electron chi connectivity index (χ4n) is 4.38. The molecule has 1 aromatic rings. The molecule has 1 heterocycles. The van der Waals surface area contributed by atoms with E-state index in [4.69, 9.17) is 0 Å². The molecule has 1 saturated carbocycles. The summed E-state index contributed by atoms with van der Waals surface area (Å²) in [6, 6.07) is 8.40. The van der Waals surface area contributed by atoms with Gasteiger partial charge in [-0.3, -0.25) is 0 Å². The standard InChI is InChI=1S/C17H25NO/c1-18(11-4-5-12-18)17-10-3-2-9-16(17)14-7-6-8-15(19)13-14/h6-8,13,16-17H,2-5,9-12H2,1H3/t16-,17-/m0/s1.